The summed E-state index contributed by atoms with van der Waals surface area (Å²) in [5.74, 6) is 0. The largest absolute Gasteiger partial charge is 0.336 e. The Morgan fingerprint density at radius 1 is 1.21 bits per heavy atom. The number of carbonyl (C=O) groups excluding carboxylic acids is 1. The molecule has 1 aromatic carbocycles. The van der Waals surface area contributed by atoms with Crippen LogP contribution < -0.4 is 16.2 Å². The topological polar surface area (TPSA) is 88.9 Å². The number of benzene rings is 1. The van der Waals surface area contributed by atoms with E-state index in [9.17, 15) is 9.59 Å². The number of hydrogen-bond donors (Lipinski definition) is 2. The van der Waals surface area contributed by atoms with Gasteiger partial charge in [-0.2, -0.15) is 5.10 Å². The number of amides is 2. The van der Waals surface area contributed by atoms with E-state index in [0.29, 0.717) is 21.4 Å². The van der Waals surface area contributed by atoms with Crippen molar-refractivity contribution in [2.45, 2.75) is 20.4 Å². The van der Waals surface area contributed by atoms with Crippen molar-refractivity contribution in [3.63, 3.8) is 0 Å². The summed E-state index contributed by atoms with van der Waals surface area (Å²) in [6, 6.07) is 7.46. The molecule has 0 aliphatic rings. The number of hydrogen-bond acceptors (Lipinski definition) is 5. The fourth-order valence-corrected chi connectivity index (χ4v) is 3.76. The second-order valence-corrected chi connectivity index (χ2v) is 7.98. The van der Waals surface area contributed by atoms with Crippen LogP contribution in [0.2, 0.25) is 10.0 Å². The van der Waals surface area contributed by atoms with E-state index in [2.05, 4.69) is 20.7 Å². The Labute approximate surface area is 175 Å². The van der Waals surface area contributed by atoms with Gasteiger partial charge in [0.25, 0.3) is 5.56 Å². The van der Waals surface area contributed by atoms with Crippen LogP contribution in [0.3, 0.4) is 0 Å². The van der Waals surface area contributed by atoms with Gasteiger partial charge in [-0.3, -0.25) is 4.79 Å². The maximum absolute atomic E-state index is 12.1. The number of nitrogens with one attached hydrogen (secondary N) is 2. The highest BCUT2D eigenvalue weighted by molar-refractivity contribution is 7.15. The third-order valence-corrected chi connectivity index (χ3v) is 5.45. The number of halogens is 2. The average molecular weight is 438 g/mol. The molecule has 146 valence electrons. The number of thiazole rings is 1. The molecule has 0 aliphatic carbocycles. The van der Waals surface area contributed by atoms with Crippen LogP contribution in [0.4, 0.5) is 10.5 Å². The standard InChI is InChI=1S/C18H17Cl2N5O2S/c1-10-17(28-11(2)22-10)14-5-6-16(26)25(24-14)8-7-21-18(27)23-15-9-12(19)3-4-13(15)20/h3-6,9H,7-8H2,1-2H3,(H2,21,23,27). The molecular weight excluding hydrogens is 421 g/mol. The quantitative estimate of drug-likeness (QED) is 0.628. The van der Waals surface area contributed by atoms with Gasteiger partial charge in [0.05, 0.1) is 32.8 Å². The van der Waals surface area contributed by atoms with Gasteiger partial charge in [-0.15, -0.1) is 11.3 Å². The van der Waals surface area contributed by atoms with Crippen molar-refractivity contribution in [1.29, 1.82) is 0 Å². The molecule has 0 fully saturated rings. The van der Waals surface area contributed by atoms with Gasteiger partial charge < -0.3 is 10.6 Å². The minimum atomic E-state index is -0.456. The third-order valence-electron chi connectivity index (χ3n) is 3.79. The highest BCUT2D eigenvalue weighted by Crippen LogP contribution is 2.27. The predicted molar refractivity (Wildman–Crippen MR) is 113 cm³/mol. The molecule has 0 aliphatic heterocycles. The fraction of sp³-hybridized carbons (Fsp3) is 0.222. The van der Waals surface area contributed by atoms with Gasteiger partial charge in [0.1, 0.15) is 5.69 Å². The summed E-state index contributed by atoms with van der Waals surface area (Å²) in [6.45, 7) is 4.26. The lowest BCUT2D eigenvalue weighted by molar-refractivity contribution is 0.251. The number of anilines is 1. The number of rotatable bonds is 5. The van der Waals surface area contributed by atoms with Gasteiger partial charge in [-0.05, 0) is 38.1 Å². The minimum Gasteiger partial charge on any atom is -0.336 e. The zero-order chi connectivity index (χ0) is 20.3. The molecule has 0 spiro atoms. The molecular formula is C18H17Cl2N5O2S. The van der Waals surface area contributed by atoms with E-state index < -0.39 is 6.03 Å². The second kappa shape index (κ2) is 8.72. The highest BCUT2D eigenvalue weighted by Gasteiger charge is 2.11. The monoisotopic (exact) mass is 437 g/mol. The van der Waals surface area contributed by atoms with E-state index >= 15 is 0 Å². The highest BCUT2D eigenvalue weighted by atomic mass is 35.5. The van der Waals surface area contributed by atoms with E-state index in [1.165, 1.54) is 22.1 Å². The van der Waals surface area contributed by atoms with Crippen LogP contribution in [0.1, 0.15) is 10.7 Å². The maximum Gasteiger partial charge on any atom is 0.319 e. The molecule has 0 radical (unpaired) electrons. The Kier molecular flexibility index (Phi) is 6.33. The SMILES string of the molecule is Cc1nc(C)c(-c2ccc(=O)n(CCNC(=O)Nc3cc(Cl)ccc3Cl)n2)s1. The van der Waals surface area contributed by atoms with Gasteiger partial charge in [-0.1, -0.05) is 23.2 Å². The number of carbonyl (C=O) groups is 1. The smallest absolute Gasteiger partial charge is 0.319 e. The van der Waals surface area contributed by atoms with Crippen LogP contribution in [-0.4, -0.2) is 27.3 Å². The zero-order valence-electron chi connectivity index (χ0n) is 15.1. The van der Waals surface area contributed by atoms with Crippen LogP contribution in [0, 0.1) is 13.8 Å². The van der Waals surface area contributed by atoms with Crippen LogP contribution in [0.25, 0.3) is 10.6 Å². The van der Waals surface area contributed by atoms with Crippen LogP contribution in [-0.2, 0) is 6.54 Å². The van der Waals surface area contributed by atoms with Gasteiger partial charge >= 0.3 is 6.03 Å². The summed E-state index contributed by atoms with van der Waals surface area (Å²) in [7, 11) is 0. The zero-order valence-corrected chi connectivity index (χ0v) is 17.5. The summed E-state index contributed by atoms with van der Waals surface area (Å²) in [6.07, 6.45) is 0. The molecule has 3 aromatic rings. The Hall–Kier alpha value is -2.42. The van der Waals surface area contributed by atoms with Crippen molar-refractivity contribution < 1.29 is 4.79 Å². The predicted octanol–water partition coefficient (Wildman–Crippen LogP) is 4.11. The molecule has 0 atom stereocenters. The number of aromatic nitrogens is 3. The summed E-state index contributed by atoms with van der Waals surface area (Å²) in [4.78, 5) is 29.4. The second-order valence-electron chi connectivity index (χ2n) is 5.93. The van der Waals surface area contributed by atoms with Gasteiger partial charge in [0.15, 0.2) is 0 Å². The Morgan fingerprint density at radius 2 is 2.00 bits per heavy atom. The summed E-state index contributed by atoms with van der Waals surface area (Å²) in [5, 5.41) is 11.4. The first kappa shape index (κ1) is 20.3. The van der Waals surface area contributed by atoms with E-state index in [-0.39, 0.29) is 18.6 Å². The molecule has 7 nitrogen and oxygen atoms in total. The molecule has 10 heteroatoms. The van der Waals surface area contributed by atoms with Gasteiger partial charge in [0.2, 0.25) is 0 Å². The molecule has 28 heavy (non-hydrogen) atoms. The lowest BCUT2D eigenvalue weighted by Gasteiger charge is -2.10. The van der Waals surface area contributed by atoms with Crippen molar-refractivity contribution in [2.24, 2.45) is 0 Å². The first-order valence-corrected chi connectivity index (χ1v) is 9.93. The Morgan fingerprint density at radius 3 is 2.71 bits per heavy atom. The van der Waals surface area contributed by atoms with Crippen molar-refractivity contribution in [3.8, 4) is 10.6 Å². The van der Waals surface area contributed by atoms with E-state index in [1.807, 2.05) is 13.8 Å². The van der Waals surface area contributed by atoms with Crippen molar-refractivity contribution >= 4 is 46.3 Å². The molecule has 2 N–H and O–H groups in total. The van der Waals surface area contributed by atoms with Crippen LogP contribution >= 0.6 is 34.5 Å². The fourth-order valence-electron chi connectivity index (χ4n) is 2.53. The lowest BCUT2D eigenvalue weighted by atomic mass is 10.3. The molecule has 2 aromatic heterocycles. The molecule has 0 saturated carbocycles. The van der Waals surface area contributed by atoms with Crippen molar-refractivity contribution in [3.05, 3.63) is 61.4 Å². The molecule has 0 bridgehead atoms. The molecule has 3 rings (SSSR count). The van der Waals surface area contributed by atoms with Crippen LogP contribution in [0.15, 0.2) is 35.1 Å². The molecule has 2 heterocycles. The maximum atomic E-state index is 12.1. The molecule has 0 unspecified atom stereocenters. The van der Waals surface area contributed by atoms with Crippen molar-refractivity contribution in [1.82, 2.24) is 20.1 Å². The minimum absolute atomic E-state index is 0.209. The average Bonchev–Trinajstić information content (AvgIpc) is 2.98. The first-order valence-electron chi connectivity index (χ1n) is 8.36. The van der Waals surface area contributed by atoms with Gasteiger partial charge in [-0.25, -0.2) is 14.5 Å². The Bertz CT molecular complexity index is 1080. The number of urea groups is 1. The van der Waals surface area contributed by atoms with Crippen LogP contribution in [0.5, 0.6) is 0 Å². The molecule has 2 amide bonds. The first-order chi connectivity index (χ1) is 13.3. The Balaban J connectivity index is 1.64. The summed E-state index contributed by atoms with van der Waals surface area (Å²) in [5.41, 5.74) is 1.71. The normalized spacial score (nSPS) is 10.7. The lowest BCUT2D eigenvalue weighted by Crippen LogP contribution is -2.34. The number of nitrogens with zero attached hydrogens (tertiary/aromatic N) is 3. The number of aryl methyl sites for hydroxylation is 2. The summed E-state index contributed by atoms with van der Waals surface area (Å²) >= 11 is 13.4. The van der Waals surface area contributed by atoms with Crippen molar-refractivity contribution in [2.75, 3.05) is 11.9 Å². The summed E-state index contributed by atoms with van der Waals surface area (Å²) < 4.78 is 1.32. The van der Waals surface area contributed by atoms with Gasteiger partial charge in [0, 0.05) is 17.6 Å². The van der Waals surface area contributed by atoms with E-state index in [0.717, 1.165) is 15.6 Å². The van der Waals surface area contributed by atoms with E-state index in [4.69, 9.17) is 23.2 Å². The molecule has 0 saturated heterocycles. The third kappa shape index (κ3) is 4.89. The van der Waals surface area contributed by atoms with E-state index in [1.54, 1.807) is 24.3 Å².